The third-order valence-electron chi connectivity index (χ3n) is 6.81. The maximum absolute atomic E-state index is 13.5. The van der Waals surface area contributed by atoms with E-state index in [1.807, 2.05) is 0 Å². The van der Waals surface area contributed by atoms with Gasteiger partial charge in [-0.1, -0.05) is 13.0 Å². The lowest BCUT2D eigenvalue weighted by atomic mass is 9.86. The Morgan fingerprint density at radius 2 is 1.63 bits per heavy atom. The molecule has 30 heavy (non-hydrogen) atoms. The second kappa shape index (κ2) is 8.93. The number of carbonyl (C=O) groups excluding carboxylic acids is 1. The maximum atomic E-state index is 13.5. The van der Waals surface area contributed by atoms with Gasteiger partial charge in [0.05, 0.1) is 11.4 Å². The quantitative estimate of drug-likeness (QED) is 0.687. The van der Waals surface area contributed by atoms with Crippen LogP contribution in [0, 0.1) is 11.7 Å². The summed E-state index contributed by atoms with van der Waals surface area (Å²) in [6.45, 7) is 4.01. The number of sulfonamides is 1. The first-order valence-electron chi connectivity index (χ1n) is 11.1. The molecular formula is C22H32FN3O3S. The Balaban J connectivity index is 1.33. The van der Waals surface area contributed by atoms with Gasteiger partial charge in [0.1, 0.15) is 5.82 Å². The van der Waals surface area contributed by atoms with E-state index in [0.29, 0.717) is 31.7 Å². The first-order valence-corrected chi connectivity index (χ1v) is 12.6. The molecule has 4 rings (SSSR count). The topological polar surface area (TPSA) is 60.9 Å². The largest absolute Gasteiger partial charge is 0.339 e. The first kappa shape index (κ1) is 21.7. The molecule has 1 saturated heterocycles. The van der Waals surface area contributed by atoms with E-state index in [0.717, 1.165) is 12.0 Å². The zero-order valence-corrected chi connectivity index (χ0v) is 18.5. The Bertz CT molecular complexity index is 858. The number of nitrogens with zero attached hydrogens (tertiary/aromatic N) is 3. The number of piperazine rings is 1. The van der Waals surface area contributed by atoms with Crippen LogP contribution >= 0.6 is 0 Å². The molecule has 3 aliphatic rings. The highest BCUT2D eigenvalue weighted by Crippen LogP contribution is 2.35. The second-order valence-corrected chi connectivity index (χ2v) is 11.0. The molecule has 166 valence electrons. The number of carbonyl (C=O) groups is 1. The molecule has 0 unspecified atom stereocenters. The lowest BCUT2D eigenvalue weighted by molar-refractivity contribution is -0.134. The third kappa shape index (κ3) is 4.86. The molecule has 0 spiro atoms. The van der Waals surface area contributed by atoms with Gasteiger partial charge in [0, 0.05) is 38.3 Å². The fourth-order valence-corrected chi connectivity index (χ4v) is 6.20. The number of rotatable bonds is 6. The maximum Gasteiger partial charge on any atom is 0.243 e. The van der Waals surface area contributed by atoms with Crippen molar-refractivity contribution in [1.29, 1.82) is 0 Å². The monoisotopic (exact) mass is 437 g/mol. The minimum atomic E-state index is -3.74. The summed E-state index contributed by atoms with van der Waals surface area (Å²) in [5.74, 6) is 0.316. The van der Waals surface area contributed by atoms with Gasteiger partial charge in [-0.05, 0) is 62.6 Å². The molecular weight excluding hydrogens is 405 g/mol. The number of halogens is 1. The van der Waals surface area contributed by atoms with Crippen LogP contribution in [0.15, 0.2) is 29.2 Å². The van der Waals surface area contributed by atoms with Crippen LogP contribution in [0.2, 0.25) is 0 Å². The van der Waals surface area contributed by atoms with Crippen LogP contribution in [0.3, 0.4) is 0 Å². The van der Waals surface area contributed by atoms with Gasteiger partial charge < -0.3 is 4.90 Å². The molecule has 3 fully saturated rings. The summed E-state index contributed by atoms with van der Waals surface area (Å²) in [4.78, 5) is 17.2. The van der Waals surface area contributed by atoms with E-state index < -0.39 is 15.8 Å². The Hall–Kier alpha value is -1.51. The van der Waals surface area contributed by atoms with E-state index in [4.69, 9.17) is 0 Å². The highest BCUT2D eigenvalue weighted by atomic mass is 32.2. The molecule has 0 bridgehead atoms. The number of hydrogen-bond donors (Lipinski definition) is 0. The fraction of sp³-hybridized carbons (Fsp3) is 0.682. The Labute approximate surface area is 179 Å². The normalized spacial score (nSPS) is 26.2. The van der Waals surface area contributed by atoms with Crippen molar-refractivity contribution in [2.75, 3.05) is 32.7 Å². The Morgan fingerprint density at radius 1 is 1.03 bits per heavy atom. The van der Waals surface area contributed by atoms with Gasteiger partial charge in [-0.25, -0.2) is 12.8 Å². The Morgan fingerprint density at radius 3 is 2.20 bits per heavy atom. The van der Waals surface area contributed by atoms with E-state index >= 15 is 0 Å². The van der Waals surface area contributed by atoms with Crippen LogP contribution in [0.5, 0.6) is 0 Å². The van der Waals surface area contributed by atoms with Crippen molar-refractivity contribution in [3.8, 4) is 0 Å². The summed E-state index contributed by atoms with van der Waals surface area (Å²) in [6.07, 6.45) is 7.17. The molecule has 2 saturated carbocycles. The molecule has 1 aromatic rings. The smallest absolute Gasteiger partial charge is 0.243 e. The van der Waals surface area contributed by atoms with Crippen LogP contribution in [0.25, 0.3) is 0 Å². The zero-order valence-electron chi connectivity index (χ0n) is 17.7. The first-order chi connectivity index (χ1) is 14.3. The highest BCUT2D eigenvalue weighted by molar-refractivity contribution is 7.89. The van der Waals surface area contributed by atoms with E-state index in [9.17, 15) is 17.6 Å². The van der Waals surface area contributed by atoms with Crippen molar-refractivity contribution in [3.63, 3.8) is 0 Å². The summed E-state index contributed by atoms with van der Waals surface area (Å²) >= 11 is 0. The van der Waals surface area contributed by atoms with Crippen molar-refractivity contribution in [1.82, 2.24) is 14.1 Å². The molecule has 1 amide bonds. The molecule has 0 atom stereocenters. The van der Waals surface area contributed by atoms with Gasteiger partial charge >= 0.3 is 0 Å². The summed E-state index contributed by atoms with van der Waals surface area (Å²) in [6, 6.07) is 6.14. The van der Waals surface area contributed by atoms with Crippen LogP contribution in [0.1, 0.15) is 45.4 Å². The minimum Gasteiger partial charge on any atom is -0.339 e. The predicted octanol–water partition coefficient (Wildman–Crippen LogP) is 2.70. The van der Waals surface area contributed by atoms with Crippen LogP contribution in [-0.2, 0) is 14.8 Å². The molecule has 1 aliphatic heterocycles. The highest BCUT2D eigenvalue weighted by Gasteiger charge is 2.38. The fourth-order valence-electron chi connectivity index (χ4n) is 4.75. The lowest BCUT2D eigenvalue weighted by Crippen LogP contribution is -2.53. The van der Waals surface area contributed by atoms with Crippen molar-refractivity contribution in [2.24, 2.45) is 5.92 Å². The van der Waals surface area contributed by atoms with E-state index in [1.165, 1.54) is 61.0 Å². The van der Waals surface area contributed by atoms with Gasteiger partial charge in [-0.3, -0.25) is 9.69 Å². The summed E-state index contributed by atoms with van der Waals surface area (Å²) in [5, 5.41) is 0. The average molecular weight is 438 g/mol. The molecule has 2 aliphatic carbocycles. The van der Waals surface area contributed by atoms with E-state index in [1.54, 1.807) is 4.90 Å². The Kier molecular flexibility index (Phi) is 6.46. The van der Waals surface area contributed by atoms with Crippen molar-refractivity contribution in [2.45, 2.75) is 62.4 Å². The molecule has 8 heteroatoms. The minimum absolute atomic E-state index is 0.0336. The summed E-state index contributed by atoms with van der Waals surface area (Å²) < 4.78 is 40.4. The van der Waals surface area contributed by atoms with Gasteiger partial charge in [0.2, 0.25) is 15.9 Å². The van der Waals surface area contributed by atoms with E-state index in [2.05, 4.69) is 11.8 Å². The van der Waals surface area contributed by atoms with Gasteiger partial charge in [0.25, 0.3) is 0 Å². The van der Waals surface area contributed by atoms with Gasteiger partial charge in [0.15, 0.2) is 0 Å². The van der Waals surface area contributed by atoms with Crippen molar-refractivity contribution >= 4 is 15.9 Å². The number of benzene rings is 1. The summed E-state index contributed by atoms with van der Waals surface area (Å²) in [5.41, 5.74) is 0. The van der Waals surface area contributed by atoms with Gasteiger partial charge in [-0.2, -0.15) is 4.31 Å². The molecule has 1 heterocycles. The molecule has 0 aromatic heterocycles. The summed E-state index contributed by atoms with van der Waals surface area (Å²) in [7, 11) is -3.74. The number of amides is 1. The second-order valence-electron chi connectivity index (χ2n) is 9.06. The molecule has 1 aromatic carbocycles. The number of hydrogen-bond acceptors (Lipinski definition) is 4. The van der Waals surface area contributed by atoms with Crippen LogP contribution in [0.4, 0.5) is 4.39 Å². The predicted molar refractivity (Wildman–Crippen MR) is 113 cm³/mol. The van der Waals surface area contributed by atoms with Crippen molar-refractivity contribution < 1.29 is 17.6 Å². The van der Waals surface area contributed by atoms with E-state index in [-0.39, 0.29) is 23.9 Å². The van der Waals surface area contributed by atoms with Gasteiger partial charge in [-0.15, -0.1) is 0 Å². The molecule has 0 N–H and O–H groups in total. The van der Waals surface area contributed by atoms with Crippen molar-refractivity contribution in [3.05, 3.63) is 30.1 Å². The standard InChI is InChI=1S/C22H32FN3O3S/c1-17-5-7-19(8-6-17)26(20-9-10-20)16-22(27)24-11-13-25(14-12-24)30(28,29)21-4-2-3-18(23)15-21/h2-4,15,17,19-20H,5-14,16H2,1H3. The third-order valence-corrected chi connectivity index (χ3v) is 8.71. The average Bonchev–Trinajstić information content (AvgIpc) is 3.58. The zero-order chi connectivity index (χ0) is 21.3. The van der Waals surface area contributed by atoms with Crippen LogP contribution in [-0.4, -0.2) is 73.2 Å². The van der Waals surface area contributed by atoms with Crippen LogP contribution < -0.4 is 0 Å². The molecule has 0 radical (unpaired) electrons. The lowest BCUT2D eigenvalue weighted by Gasteiger charge is -2.39. The SMILES string of the molecule is CC1CCC(N(CC(=O)N2CCN(S(=O)(=O)c3cccc(F)c3)CC2)C2CC2)CC1. The molecule has 6 nitrogen and oxygen atoms in total.